The number of benzene rings is 2. The molecule has 102 valence electrons. The van der Waals surface area contributed by atoms with Gasteiger partial charge in [0.25, 0.3) is 0 Å². The summed E-state index contributed by atoms with van der Waals surface area (Å²) >= 11 is 12.3. The Hall–Kier alpha value is -1.58. The monoisotopic (exact) mass is 308 g/mol. The van der Waals surface area contributed by atoms with Gasteiger partial charge in [-0.05, 0) is 36.8 Å². The first-order valence-electron chi connectivity index (χ1n) is 6.09. The number of hydrogen-bond acceptors (Lipinski definition) is 1. The molecule has 0 radical (unpaired) electrons. The zero-order chi connectivity index (χ0) is 14.3. The smallest absolute Gasteiger partial charge is 0.129 e. The molecular weight excluding hydrogens is 298 g/mol. The Morgan fingerprint density at radius 2 is 2.00 bits per heavy atom. The molecule has 0 aliphatic heterocycles. The summed E-state index contributed by atoms with van der Waals surface area (Å²) in [6, 6.07) is 10.2. The third-order valence-corrected chi connectivity index (χ3v) is 3.69. The number of nitrogens with zero attached hydrogens (tertiary/aromatic N) is 2. The van der Waals surface area contributed by atoms with E-state index in [1.807, 2.05) is 25.1 Å². The molecule has 3 rings (SSSR count). The van der Waals surface area contributed by atoms with E-state index in [0.29, 0.717) is 21.9 Å². The molecule has 5 heteroatoms. The summed E-state index contributed by atoms with van der Waals surface area (Å²) in [6.07, 6.45) is 0. The quantitative estimate of drug-likeness (QED) is 0.618. The minimum absolute atomic E-state index is 0.223. The highest BCUT2D eigenvalue weighted by Gasteiger charge is 2.14. The first-order valence-corrected chi connectivity index (χ1v) is 7.01. The standard InChI is InChI=1S/C15H11Cl2FN2/c1-9-2-5-13(11(17)6-9)20-14-7-10(18)3-4-12(14)19-15(20)8-16/h2-7H,8H2,1H3. The van der Waals surface area contributed by atoms with E-state index in [1.54, 1.807) is 10.6 Å². The Labute approximate surface area is 125 Å². The number of fused-ring (bicyclic) bond motifs is 1. The maximum absolute atomic E-state index is 13.5. The Kier molecular flexibility index (Phi) is 3.40. The van der Waals surface area contributed by atoms with Gasteiger partial charge in [0.05, 0.1) is 27.6 Å². The Morgan fingerprint density at radius 3 is 2.70 bits per heavy atom. The first-order chi connectivity index (χ1) is 9.60. The molecule has 2 aromatic carbocycles. The molecular formula is C15H11Cl2FN2. The fourth-order valence-corrected chi connectivity index (χ4v) is 2.75. The summed E-state index contributed by atoms with van der Waals surface area (Å²) < 4.78 is 15.3. The molecule has 0 aliphatic carbocycles. The van der Waals surface area contributed by atoms with Gasteiger partial charge in [0.2, 0.25) is 0 Å². The van der Waals surface area contributed by atoms with Gasteiger partial charge in [0, 0.05) is 6.07 Å². The molecule has 0 aliphatic rings. The lowest BCUT2D eigenvalue weighted by Gasteiger charge is -2.10. The average molecular weight is 309 g/mol. The van der Waals surface area contributed by atoms with Crippen molar-refractivity contribution < 1.29 is 4.39 Å². The number of hydrogen-bond donors (Lipinski definition) is 0. The van der Waals surface area contributed by atoms with E-state index in [9.17, 15) is 4.39 Å². The van der Waals surface area contributed by atoms with Gasteiger partial charge in [0.1, 0.15) is 11.6 Å². The molecule has 20 heavy (non-hydrogen) atoms. The third kappa shape index (κ3) is 2.17. The minimum atomic E-state index is -0.317. The lowest BCUT2D eigenvalue weighted by atomic mass is 10.2. The van der Waals surface area contributed by atoms with Crippen LogP contribution in [0.15, 0.2) is 36.4 Å². The molecule has 0 bridgehead atoms. The van der Waals surface area contributed by atoms with Crippen LogP contribution in [0.25, 0.3) is 16.7 Å². The minimum Gasteiger partial charge on any atom is -0.294 e. The topological polar surface area (TPSA) is 17.8 Å². The van der Waals surface area contributed by atoms with Gasteiger partial charge in [0.15, 0.2) is 0 Å². The van der Waals surface area contributed by atoms with Crippen LogP contribution in [-0.2, 0) is 5.88 Å². The number of imidazole rings is 1. The van der Waals surface area contributed by atoms with E-state index >= 15 is 0 Å². The zero-order valence-electron chi connectivity index (χ0n) is 10.7. The highest BCUT2D eigenvalue weighted by Crippen LogP contribution is 2.28. The van der Waals surface area contributed by atoms with Crippen molar-refractivity contribution in [3.63, 3.8) is 0 Å². The van der Waals surface area contributed by atoms with Crippen molar-refractivity contribution >= 4 is 34.2 Å². The van der Waals surface area contributed by atoms with Crippen LogP contribution in [0.5, 0.6) is 0 Å². The molecule has 2 nitrogen and oxygen atoms in total. The van der Waals surface area contributed by atoms with Crippen molar-refractivity contribution in [2.75, 3.05) is 0 Å². The Bertz CT molecular complexity index is 796. The average Bonchev–Trinajstić information content (AvgIpc) is 2.76. The van der Waals surface area contributed by atoms with Crippen LogP contribution >= 0.6 is 23.2 Å². The number of aryl methyl sites for hydroxylation is 1. The van der Waals surface area contributed by atoms with Crippen LogP contribution in [0.2, 0.25) is 5.02 Å². The fourth-order valence-electron chi connectivity index (χ4n) is 2.25. The SMILES string of the molecule is Cc1ccc(-n2c(CCl)nc3ccc(F)cc32)c(Cl)c1. The predicted molar refractivity (Wildman–Crippen MR) is 80.3 cm³/mol. The second kappa shape index (κ2) is 5.08. The molecule has 0 N–H and O–H groups in total. The molecule has 0 saturated carbocycles. The fraction of sp³-hybridized carbons (Fsp3) is 0.133. The molecule has 0 spiro atoms. The molecule has 0 saturated heterocycles. The van der Waals surface area contributed by atoms with Crippen LogP contribution < -0.4 is 0 Å². The summed E-state index contributed by atoms with van der Waals surface area (Å²) in [4.78, 5) is 4.42. The van der Waals surface area contributed by atoms with Crippen molar-refractivity contribution in [3.8, 4) is 5.69 Å². The molecule has 0 fully saturated rings. The molecule has 0 atom stereocenters. The maximum Gasteiger partial charge on any atom is 0.129 e. The Balaban J connectivity index is 2.36. The van der Waals surface area contributed by atoms with E-state index < -0.39 is 0 Å². The van der Waals surface area contributed by atoms with E-state index in [4.69, 9.17) is 23.2 Å². The predicted octanol–water partition coefficient (Wildman–Crippen LogP) is 4.87. The Morgan fingerprint density at radius 1 is 1.20 bits per heavy atom. The first kappa shape index (κ1) is 13.4. The largest absolute Gasteiger partial charge is 0.294 e. The van der Waals surface area contributed by atoms with Crippen molar-refractivity contribution in [3.05, 3.63) is 58.6 Å². The molecule has 3 aromatic rings. The molecule has 0 unspecified atom stereocenters. The number of halogens is 3. The van der Waals surface area contributed by atoms with Crippen molar-refractivity contribution in [2.24, 2.45) is 0 Å². The summed E-state index contributed by atoms with van der Waals surface area (Å²) in [5.41, 5.74) is 3.16. The molecule has 1 heterocycles. The summed E-state index contributed by atoms with van der Waals surface area (Å²) in [7, 11) is 0. The van der Waals surface area contributed by atoms with Gasteiger partial charge in [-0.2, -0.15) is 0 Å². The van der Waals surface area contributed by atoms with Crippen LogP contribution in [0, 0.1) is 12.7 Å². The number of alkyl halides is 1. The summed E-state index contributed by atoms with van der Waals surface area (Å²) in [5.74, 6) is 0.543. The van der Waals surface area contributed by atoms with Gasteiger partial charge < -0.3 is 0 Å². The van der Waals surface area contributed by atoms with Gasteiger partial charge in [-0.25, -0.2) is 9.37 Å². The van der Waals surface area contributed by atoms with Crippen LogP contribution in [-0.4, -0.2) is 9.55 Å². The normalized spacial score (nSPS) is 11.2. The summed E-state index contributed by atoms with van der Waals surface area (Å²) in [5, 5.41) is 0.583. The van der Waals surface area contributed by atoms with Gasteiger partial charge in [-0.3, -0.25) is 4.57 Å². The molecule has 1 aromatic heterocycles. The lowest BCUT2D eigenvalue weighted by molar-refractivity contribution is 0.629. The third-order valence-electron chi connectivity index (χ3n) is 3.15. The highest BCUT2D eigenvalue weighted by atomic mass is 35.5. The van der Waals surface area contributed by atoms with Crippen molar-refractivity contribution in [1.82, 2.24) is 9.55 Å². The second-order valence-corrected chi connectivity index (χ2v) is 5.26. The zero-order valence-corrected chi connectivity index (χ0v) is 12.2. The van der Waals surface area contributed by atoms with E-state index in [-0.39, 0.29) is 11.7 Å². The van der Waals surface area contributed by atoms with Crippen molar-refractivity contribution in [1.29, 1.82) is 0 Å². The van der Waals surface area contributed by atoms with E-state index in [1.165, 1.54) is 12.1 Å². The van der Waals surface area contributed by atoms with Gasteiger partial charge in [-0.1, -0.05) is 17.7 Å². The van der Waals surface area contributed by atoms with Gasteiger partial charge >= 0.3 is 0 Å². The molecule has 0 amide bonds. The van der Waals surface area contributed by atoms with Crippen molar-refractivity contribution in [2.45, 2.75) is 12.8 Å². The van der Waals surface area contributed by atoms with Crippen LogP contribution in [0.3, 0.4) is 0 Å². The van der Waals surface area contributed by atoms with Crippen LogP contribution in [0.1, 0.15) is 11.4 Å². The number of aromatic nitrogens is 2. The highest BCUT2D eigenvalue weighted by molar-refractivity contribution is 6.32. The van der Waals surface area contributed by atoms with E-state index in [0.717, 1.165) is 11.3 Å². The second-order valence-electron chi connectivity index (χ2n) is 4.58. The number of rotatable bonds is 2. The van der Waals surface area contributed by atoms with E-state index in [2.05, 4.69) is 4.98 Å². The van der Waals surface area contributed by atoms with Gasteiger partial charge in [-0.15, -0.1) is 11.6 Å². The lowest BCUT2D eigenvalue weighted by Crippen LogP contribution is -2.00. The summed E-state index contributed by atoms with van der Waals surface area (Å²) in [6.45, 7) is 1.96. The van der Waals surface area contributed by atoms with Crippen LogP contribution in [0.4, 0.5) is 4.39 Å². The maximum atomic E-state index is 13.5.